The molecule has 1 aliphatic rings. The number of hydrogen-bond donors (Lipinski definition) is 1. The number of anilines is 1. The van der Waals surface area contributed by atoms with Crippen LogP contribution in [0, 0.1) is 19.7 Å². The molecule has 2 aromatic carbocycles. The number of aromatic nitrogens is 1. The van der Waals surface area contributed by atoms with Gasteiger partial charge in [-0.1, -0.05) is 29.8 Å². The molecule has 0 amide bonds. The first-order valence-corrected chi connectivity index (χ1v) is 12.2. The molecule has 0 spiro atoms. The Kier molecular flexibility index (Phi) is 6.65. The average molecular weight is 488 g/mol. The largest absolute Gasteiger partial charge is 0.507 e. The number of hydrogen-bond acceptors (Lipinski definition) is 5. The van der Waals surface area contributed by atoms with Crippen LogP contribution in [0.5, 0.6) is 5.75 Å². The first-order chi connectivity index (χ1) is 17.4. The third-order valence-corrected chi connectivity index (χ3v) is 6.95. The lowest BCUT2D eigenvalue weighted by molar-refractivity contribution is 0.207. The van der Waals surface area contributed by atoms with Crippen LogP contribution in [0.15, 0.2) is 82.2 Å². The highest BCUT2D eigenvalue weighted by atomic mass is 19.1. The number of aromatic hydroxyl groups is 1. The second-order valence-electron chi connectivity index (χ2n) is 9.37. The van der Waals surface area contributed by atoms with Gasteiger partial charge in [0, 0.05) is 37.6 Å². The first-order valence-electron chi connectivity index (χ1n) is 12.2. The fraction of sp³-hybridized carbons (Fsp3) is 0.276. The standard InChI is InChI=1S/C29H30FN3O3/c1-20-5-7-22(8-6-20)28(32-15-13-31(14-16-32)24-11-9-23(30)10-12-24)27-26(34)18-21(2)33(29(27)35)19-25-4-3-17-36-25/h3-12,17-18,28,34H,13-16,19H2,1-2H3. The molecule has 36 heavy (non-hydrogen) atoms. The molecule has 1 aliphatic heterocycles. The van der Waals surface area contributed by atoms with E-state index in [1.807, 2.05) is 44.2 Å². The number of piperazine rings is 1. The first kappa shape index (κ1) is 23.9. The fourth-order valence-electron chi connectivity index (χ4n) is 4.98. The lowest BCUT2D eigenvalue weighted by Crippen LogP contribution is -2.49. The second-order valence-corrected chi connectivity index (χ2v) is 9.37. The lowest BCUT2D eigenvalue weighted by Gasteiger charge is -2.40. The summed E-state index contributed by atoms with van der Waals surface area (Å²) in [6.07, 6.45) is 1.59. The molecule has 7 heteroatoms. The van der Waals surface area contributed by atoms with E-state index in [1.54, 1.807) is 35.1 Å². The summed E-state index contributed by atoms with van der Waals surface area (Å²) in [6.45, 7) is 6.95. The molecule has 0 bridgehead atoms. The molecule has 4 aromatic rings. The van der Waals surface area contributed by atoms with Crippen molar-refractivity contribution in [2.24, 2.45) is 0 Å². The molecule has 1 atom stereocenters. The summed E-state index contributed by atoms with van der Waals surface area (Å²) in [6, 6.07) is 19.6. The molecule has 1 saturated heterocycles. The van der Waals surface area contributed by atoms with Gasteiger partial charge in [-0.05, 0) is 61.9 Å². The van der Waals surface area contributed by atoms with E-state index < -0.39 is 6.04 Å². The lowest BCUT2D eigenvalue weighted by atomic mass is 9.95. The van der Waals surface area contributed by atoms with Crippen molar-refractivity contribution < 1.29 is 13.9 Å². The monoisotopic (exact) mass is 487 g/mol. The molecule has 1 N–H and O–H groups in total. The van der Waals surface area contributed by atoms with Gasteiger partial charge in [-0.15, -0.1) is 0 Å². The van der Waals surface area contributed by atoms with E-state index in [4.69, 9.17) is 4.42 Å². The van der Waals surface area contributed by atoms with Crippen molar-refractivity contribution in [1.29, 1.82) is 0 Å². The maximum absolute atomic E-state index is 13.9. The highest BCUT2D eigenvalue weighted by molar-refractivity contribution is 5.47. The van der Waals surface area contributed by atoms with Gasteiger partial charge in [-0.25, -0.2) is 4.39 Å². The number of aryl methyl sites for hydroxylation is 2. The number of nitrogens with zero attached hydrogens (tertiary/aromatic N) is 3. The van der Waals surface area contributed by atoms with Crippen LogP contribution in [0.4, 0.5) is 10.1 Å². The minimum Gasteiger partial charge on any atom is -0.507 e. The number of pyridine rings is 1. The molecule has 3 heterocycles. The van der Waals surface area contributed by atoms with Crippen LogP contribution in [0.3, 0.4) is 0 Å². The van der Waals surface area contributed by atoms with Gasteiger partial charge in [0.05, 0.1) is 24.4 Å². The molecule has 5 rings (SSSR count). The second kappa shape index (κ2) is 10.0. The van der Waals surface area contributed by atoms with Crippen LogP contribution in [0.1, 0.15) is 34.2 Å². The van der Waals surface area contributed by atoms with Crippen LogP contribution in [-0.2, 0) is 6.54 Å². The zero-order chi connectivity index (χ0) is 25.2. The Balaban J connectivity index is 1.51. The smallest absolute Gasteiger partial charge is 0.260 e. The van der Waals surface area contributed by atoms with Crippen LogP contribution in [0.25, 0.3) is 0 Å². The Morgan fingerprint density at radius 2 is 1.67 bits per heavy atom. The van der Waals surface area contributed by atoms with Gasteiger partial charge in [-0.3, -0.25) is 9.69 Å². The third-order valence-electron chi connectivity index (χ3n) is 6.95. The summed E-state index contributed by atoms with van der Waals surface area (Å²) >= 11 is 0. The van der Waals surface area contributed by atoms with E-state index in [0.717, 1.165) is 29.9 Å². The number of halogens is 1. The highest BCUT2D eigenvalue weighted by Crippen LogP contribution is 2.34. The van der Waals surface area contributed by atoms with Crippen LogP contribution < -0.4 is 10.5 Å². The van der Waals surface area contributed by atoms with Gasteiger partial charge in [-0.2, -0.15) is 0 Å². The molecule has 0 saturated carbocycles. The summed E-state index contributed by atoms with van der Waals surface area (Å²) in [5.41, 5.74) is 3.86. The zero-order valence-corrected chi connectivity index (χ0v) is 20.5. The summed E-state index contributed by atoms with van der Waals surface area (Å²) in [5.74, 6) is 0.425. The third kappa shape index (κ3) is 4.79. The van der Waals surface area contributed by atoms with Crippen molar-refractivity contribution in [3.8, 4) is 5.75 Å². The Hall–Kier alpha value is -3.84. The topological polar surface area (TPSA) is 61.9 Å². The molecule has 6 nitrogen and oxygen atoms in total. The van der Waals surface area contributed by atoms with E-state index in [-0.39, 0.29) is 17.1 Å². The molecule has 1 fully saturated rings. The number of rotatable bonds is 6. The van der Waals surface area contributed by atoms with Gasteiger partial charge >= 0.3 is 0 Å². The zero-order valence-electron chi connectivity index (χ0n) is 20.5. The highest BCUT2D eigenvalue weighted by Gasteiger charge is 2.31. The molecular weight excluding hydrogens is 457 g/mol. The van der Waals surface area contributed by atoms with Crippen LogP contribution in [-0.4, -0.2) is 40.8 Å². The van der Waals surface area contributed by atoms with Gasteiger partial charge < -0.3 is 19.0 Å². The van der Waals surface area contributed by atoms with Crippen LogP contribution in [0.2, 0.25) is 0 Å². The molecule has 0 radical (unpaired) electrons. The number of benzene rings is 2. The van der Waals surface area contributed by atoms with Crippen molar-refractivity contribution in [2.75, 3.05) is 31.1 Å². The minimum absolute atomic E-state index is 0.000246. The van der Waals surface area contributed by atoms with E-state index in [0.29, 0.717) is 36.7 Å². The Morgan fingerprint density at radius 1 is 0.972 bits per heavy atom. The summed E-state index contributed by atoms with van der Waals surface area (Å²) in [5, 5.41) is 11.1. The summed E-state index contributed by atoms with van der Waals surface area (Å²) in [4.78, 5) is 18.3. The molecule has 0 aliphatic carbocycles. The summed E-state index contributed by atoms with van der Waals surface area (Å²) < 4.78 is 20.5. The summed E-state index contributed by atoms with van der Waals surface area (Å²) in [7, 11) is 0. The maximum Gasteiger partial charge on any atom is 0.260 e. The Bertz CT molecular complexity index is 1370. The Labute approximate surface area is 209 Å². The van der Waals surface area contributed by atoms with Crippen molar-refractivity contribution >= 4 is 5.69 Å². The molecule has 2 aromatic heterocycles. The van der Waals surface area contributed by atoms with Crippen molar-refractivity contribution in [2.45, 2.75) is 26.4 Å². The van der Waals surface area contributed by atoms with E-state index >= 15 is 0 Å². The SMILES string of the molecule is Cc1ccc(C(c2c(O)cc(C)n(Cc3ccco3)c2=O)N2CCN(c3ccc(F)cc3)CC2)cc1. The molecular formula is C29H30FN3O3. The Morgan fingerprint density at radius 3 is 2.31 bits per heavy atom. The maximum atomic E-state index is 13.9. The van der Waals surface area contributed by atoms with E-state index in [1.165, 1.54) is 12.1 Å². The predicted molar refractivity (Wildman–Crippen MR) is 138 cm³/mol. The molecule has 186 valence electrons. The van der Waals surface area contributed by atoms with Gasteiger partial charge in [0.15, 0.2) is 0 Å². The normalized spacial score (nSPS) is 15.2. The van der Waals surface area contributed by atoms with E-state index in [9.17, 15) is 14.3 Å². The number of furan rings is 1. The minimum atomic E-state index is -0.406. The van der Waals surface area contributed by atoms with E-state index in [2.05, 4.69) is 9.80 Å². The van der Waals surface area contributed by atoms with Crippen molar-refractivity contribution in [1.82, 2.24) is 9.47 Å². The average Bonchev–Trinajstić information content (AvgIpc) is 3.39. The van der Waals surface area contributed by atoms with Gasteiger partial charge in [0.2, 0.25) is 0 Å². The van der Waals surface area contributed by atoms with Crippen molar-refractivity contribution in [3.63, 3.8) is 0 Å². The van der Waals surface area contributed by atoms with Crippen molar-refractivity contribution in [3.05, 3.63) is 117 Å². The van der Waals surface area contributed by atoms with Gasteiger partial charge in [0.1, 0.15) is 17.3 Å². The predicted octanol–water partition coefficient (Wildman–Crippen LogP) is 4.86. The van der Waals surface area contributed by atoms with Crippen LogP contribution >= 0.6 is 0 Å². The quantitative estimate of drug-likeness (QED) is 0.421. The molecule has 1 unspecified atom stereocenters. The van der Waals surface area contributed by atoms with Gasteiger partial charge in [0.25, 0.3) is 5.56 Å². The fourth-order valence-corrected chi connectivity index (χ4v) is 4.98.